The van der Waals surface area contributed by atoms with Crippen LogP contribution in [0.5, 0.6) is 5.88 Å². The van der Waals surface area contributed by atoms with Crippen LogP contribution in [0.25, 0.3) is 11.0 Å². The molecule has 4 heterocycles. The third-order valence-electron chi connectivity index (χ3n) is 4.04. The van der Waals surface area contributed by atoms with Gasteiger partial charge in [0.05, 0.1) is 23.9 Å². The van der Waals surface area contributed by atoms with E-state index in [2.05, 4.69) is 20.9 Å². The average Bonchev–Trinajstić information content (AvgIpc) is 3.22. The molecule has 3 aromatic rings. The number of pyridine rings is 1. The molecule has 118 valence electrons. The molecule has 1 aliphatic rings. The molecule has 23 heavy (non-hydrogen) atoms. The van der Waals surface area contributed by atoms with Crippen molar-refractivity contribution in [2.45, 2.75) is 19.4 Å². The fourth-order valence-corrected chi connectivity index (χ4v) is 3.02. The van der Waals surface area contributed by atoms with Crippen LogP contribution in [0.3, 0.4) is 0 Å². The molecule has 0 radical (unpaired) electrons. The van der Waals surface area contributed by atoms with Gasteiger partial charge in [-0.2, -0.15) is 0 Å². The highest BCUT2D eigenvalue weighted by Crippen LogP contribution is 2.33. The number of aryl methyl sites for hydroxylation is 1. The summed E-state index contributed by atoms with van der Waals surface area (Å²) >= 11 is 0. The highest BCUT2D eigenvalue weighted by Gasteiger charge is 2.22. The molecule has 0 atom stereocenters. The van der Waals surface area contributed by atoms with E-state index in [0.717, 1.165) is 42.0 Å². The summed E-state index contributed by atoms with van der Waals surface area (Å²) in [5, 5.41) is 2.87. The monoisotopic (exact) mass is 311 g/mol. The van der Waals surface area contributed by atoms with Gasteiger partial charge in [0, 0.05) is 24.8 Å². The molecule has 6 nitrogen and oxygen atoms in total. The Kier molecular flexibility index (Phi) is 3.49. The van der Waals surface area contributed by atoms with E-state index < -0.39 is 0 Å². The number of nitrogens with one attached hydrogen (secondary N) is 1. The third kappa shape index (κ3) is 2.46. The van der Waals surface area contributed by atoms with Gasteiger partial charge in [0.15, 0.2) is 11.6 Å². The summed E-state index contributed by atoms with van der Waals surface area (Å²) in [6.07, 6.45) is 4.95. The van der Waals surface area contributed by atoms with Crippen molar-refractivity contribution in [1.82, 2.24) is 14.9 Å². The number of nitrogens with zero attached hydrogens (tertiary/aromatic N) is 2. The smallest absolute Gasteiger partial charge is 0.286 e. The maximum absolute atomic E-state index is 11.9. The average molecular weight is 311 g/mol. The van der Waals surface area contributed by atoms with Crippen molar-refractivity contribution >= 4 is 16.9 Å². The molecule has 1 N–H and O–H groups in total. The first kappa shape index (κ1) is 13.9. The first-order valence-corrected chi connectivity index (χ1v) is 7.75. The van der Waals surface area contributed by atoms with Crippen LogP contribution >= 0.6 is 0 Å². The highest BCUT2D eigenvalue weighted by atomic mass is 16.5. The molecular weight excluding hydrogens is 294 g/mol. The summed E-state index contributed by atoms with van der Waals surface area (Å²) in [5.74, 6) is 1.00. The lowest BCUT2D eigenvalue weighted by atomic mass is 10.2. The van der Waals surface area contributed by atoms with E-state index in [-0.39, 0.29) is 5.91 Å². The quantitative estimate of drug-likeness (QED) is 0.803. The lowest BCUT2D eigenvalue weighted by Crippen LogP contribution is -2.25. The zero-order valence-corrected chi connectivity index (χ0v) is 12.6. The van der Waals surface area contributed by atoms with Gasteiger partial charge in [-0.05, 0) is 37.1 Å². The van der Waals surface area contributed by atoms with Crippen LogP contribution in [0, 0.1) is 0 Å². The summed E-state index contributed by atoms with van der Waals surface area (Å²) in [6.45, 7) is 2.17. The fourth-order valence-electron chi connectivity index (χ4n) is 3.02. The number of ether oxygens (including phenoxy) is 1. The van der Waals surface area contributed by atoms with Gasteiger partial charge in [-0.15, -0.1) is 0 Å². The molecular formula is C17H17N3O3. The molecule has 0 aliphatic carbocycles. The van der Waals surface area contributed by atoms with Gasteiger partial charge < -0.3 is 19.0 Å². The van der Waals surface area contributed by atoms with Crippen LogP contribution < -0.4 is 10.1 Å². The first-order chi connectivity index (χ1) is 11.3. The molecule has 0 unspecified atom stereocenters. The largest absolute Gasteiger partial charge is 0.478 e. The fraction of sp³-hybridized carbons (Fsp3) is 0.294. The second-order valence-electron chi connectivity index (χ2n) is 5.49. The summed E-state index contributed by atoms with van der Waals surface area (Å²) in [4.78, 5) is 16.4. The number of furan rings is 1. The van der Waals surface area contributed by atoms with Gasteiger partial charge in [-0.25, -0.2) is 0 Å². The Morgan fingerprint density at radius 2 is 2.30 bits per heavy atom. The van der Waals surface area contributed by atoms with Crippen LogP contribution in [0.2, 0.25) is 0 Å². The number of aromatic nitrogens is 2. The topological polar surface area (TPSA) is 69.3 Å². The second-order valence-corrected chi connectivity index (χ2v) is 5.49. The zero-order chi connectivity index (χ0) is 15.6. The molecule has 1 aliphatic heterocycles. The summed E-state index contributed by atoms with van der Waals surface area (Å²) in [7, 11) is 0. The lowest BCUT2D eigenvalue weighted by molar-refractivity contribution is 0.0926. The molecule has 1 amide bonds. The number of amides is 1. The molecule has 0 bridgehead atoms. The Hall–Kier alpha value is -2.76. The Morgan fingerprint density at radius 1 is 1.35 bits per heavy atom. The summed E-state index contributed by atoms with van der Waals surface area (Å²) in [5.41, 5.74) is 3.10. The van der Waals surface area contributed by atoms with Crippen molar-refractivity contribution in [3.05, 3.63) is 48.0 Å². The minimum Gasteiger partial charge on any atom is -0.478 e. The number of hydrogen-bond donors (Lipinski definition) is 1. The van der Waals surface area contributed by atoms with Gasteiger partial charge in [0.2, 0.25) is 0 Å². The molecule has 3 aromatic heterocycles. The maximum Gasteiger partial charge on any atom is 0.286 e. The summed E-state index contributed by atoms with van der Waals surface area (Å²) < 4.78 is 13.1. The summed E-state index contributed by atoms with van der Waals surface area (Å²) in [6, 6.07) is 7.35. The Bertz CT molecular complexity index is 836. The van der Waals surface area contributed by atoms with Crippen molar-refractivity contribution in [2.75, 3.05) is 13.2 Å². The van der Waals surface area contributed by atoms with Gasteiger partial charge in [-0.3, -0.25) is 9.78 Å². The van der Waals surface area contributed by atoms with E-state index in [1.807, 2.05) is 6.07 Å². The maximum atomic E-state index is 11.9. The van der Waals surface area contributed by atoms with E-state index in [4.69, 9.17) is 9.15 Å². The Morgan fingerprint density at radius 3 is 3.17 bits per heavy atom. The molecule has 6 heteroatoms. The molecule has 0 saturated heterocycles. The minimum atomic E-state index is -0.207. The van der Waals surface area contributed by atoms with Crippen LogP contribution in [0.1, 0.15) is 22.5 Å². The van der Waals surface area contributed by atoms with Crippen LogP contribution in [0.15, 0.2) is 41.1 Å². The minimum absolute atomic E-state index is 0.207. The SMILES string of the molecule is O=C(NCCc1c2n(c3cccnc13)CCCO2)c1ccco1. The van der Waals surface area contributed by atoms with Crippen LogP contribution in [-0.2, 0) is 13.0 Å². The molecule has 0 fully saturated rings. The van der Waals surface area contributed by atoms with Crippen molar-refractivity contribution in [2.24, 2.45) is 0 Å². The first-order valence-electron chi connectivity index (χ1n) is 7.75. The lowest BCUT2D eigenvalue weighted by Gasteiger charge is -2.18. The van der Waals surface area contributed by atoms with Crippen LogP contribution in [-0.4, -0.2) is 28.6 Å². The number of rotatable bonds is 4. The van der Waals surface area contributed by atoms with Gasteiger partial charge >= 0.3 is 0 Å². The number of hydrogen-bond acceptors (Lipinski definition) is 4. The van der Waals surface area contributed by atoms with Gasteiger partial charge in [0.1, 0.15) is 0 Å². The molecule has 0 aromatic carbocycles. The predicted molar refractivity (Wildman–Crippen MR) is 84.6 cm³/mol. The van der Waals surface area contributed by atoms with E-state index in [1.54, 1.807) is 18.3 Å². The molecule has 0 saturated carbocycles. The van der Waals surface area contributed by atoms with E-state index in [0.29, 0.717) is 18.7 Å². The normalized spacial score (nSPS) is 13.6. The highest BCUT2D eigenvalue weighted by molar-refractivity contribution is 5.91. The Balaban J connectivity index is 1.56. The number of carbonyl (C=O) groups excluding carboxylic acids is 1. The van der Waals surface area contributed by atoms with Crippen molar-refractivity contribution < 1.29 is 13.9 Å². The Labute approximate surface area is 133 Å². The van der Waals surface area contributed by atoms with E-state index >= 15 is 0 Å². The number of carbonyl (C=O) groups is 1. The zero-order valence-electron chi connectivity index (χ0n) is 12.6. The molecule has 0 spiro atoms. The van der Waals surface area contributed by atoms with Crippen molar-refractivity contribution in [3.8, 4) is 5.88 Å². The predicted octanol–water partition coefficient (Wildman–Crippen LogP) is 2.38. The van der Waals surface area contributed by atoms with E-state index in [1.165, 1.54) is 6.26 Å². The van der Waals surface area contributed by atoms with Gasteiger partial charge in [-0.1, -0.05) is 0 Å². The molecule has 4 rings (SSSR count). The van der Waals surface area contributed by atoms with Gasteiger partial charge in [0.25, 0.3) is 5.91 Å². The second kappa shape index (κ2) is 5.79. The van der Waals surface area contributed by atoms with Crippen molar-refractivity contribution in [3.63, 3.8) is 0 Å². The third-order valence-corrected chi connectivity index (χ3v) is 4.04. The van der Waals surface area contributed by atoms with Crippen LogP contribution in [0.4, 0.5) is 0 Å². The standard InChI is InChI=1S/C17H17N3O3/c21-16(14-5-2-10-22-14)19-8-6-12-15-13(4-1-7-18-15)20-9-3-11-23-17(12)20/h1-2,4-5,7,10H,3,6,8-9,11H2,(H,19,21). The number of fused-ring (bicyclic) bond motifs is 3. The van der Waals surface area contributed by atoms with Crippen molar-refractivity contribution in [1.29, 1.82) is 0 Å². The van der Waals surface area contributed by atoms with E-state index in [9.17, 15) is 4.79 Å².